The van der Waals surface area contributed by atoms with Crippen LogP contribution in [0.4, 0.5) is 10.7 Å². The Balaban J connectivity index is 1.75. The molecule has 1 aromatic heterocycles. The third kappa shape index (κ3) is 3.14. The minimum Gasteiger partial charge on any atom is -0.462 e. The van der Waals surface area contributed by atoms with Crippen LogP contribution in [-0.4, -0.2) is 64.2 Å². The Labute approximate surface area is 177 Å². The Morgan fingerprint density at radius 3 is 2.52 bits per heavy atom. The zero-order chi connectivity index (χ0) is 22.4. The Bertz CT molecular complexity index is 1150. The first-order chi connectivity index (χ1) is 14.7. The van der Waals surface area contributed by atoms with E-state index in [0.717, 1.165) is 16.3 Å². The number of esters is 1. The van der Waals surface area contributed by atoms with E-state index in [1.807, 2.05) is 11.5 Å². The molecule has 0 bridgehead atoms. The summed E-state index contributed by atoms with van der Waals surface area (Å²) >= 11 is 0. The fraction of sp³-hybridized carbons (Fsp3) is 0.300. The number of carbonyl (C=O) groups excluding carboxylic acids is 4. The van der Waals surface area contributed by atoms with Crippen molar-refractivity contribution in [2.45, 2.75) is 19.9 Å². The largest absolute Gasteiger partial charge is 0.462 e. The number of primary amides is 1. The van der Waals surface area contributed by atoms with Crippen molar-refractivity contribution in [3.63, 3.8) is 0 Å². The summed E-state index contributed by atoms with van der Waals surface area (Å²) < 4.78 is 8.47. The predicted octanol–water partition coefficient (Wildman–Crippen LogP) is 0.214. The van der Waals surface area contributed by atoms with Gasteiger partial charge in [0.25, 0.3) is 5.91 Å². The molecule has 3 heterocycles. The van der Waals surface area contributed by atoms with Crippen molar-refractivity contribution in [2.24, 2.45) is 10.7 Å². The molecular formula is C20H21N6O5+. The second-order valence-electron chi connectivity index (χ2n) is 7.19. The Hall–Kier alpha value is -4.02. The third-order valence-electron chi connectivity index (χ3n) is 5.16. The van der Waals surface area contributed by atoms with Crippen LogP contribution >= 0.6 is 0 Å². The number of rotatable bonds is 5. The maximum absolute atomic E-state index is 13.0. The van der Waals surface area contributed by atoms with E-state index < -0.39 is 36.4 Å². The smallest absolute Gasteiger partial charge is 0.406 e. The number of amidine groups is 1. The van der Waals surface area contributed by atoms with Crippen LogP contribution in [0.1, 0.15) is 29.0 Å². The summed E-state index contributed by atoms with van der Waals surface area (Å²) in [4.78, 5) is 55.4. The average Bonchev–Trinajstić information content (AvgIpc) is 3.24. The average molecular weight is 425 g/mol. The zero-order valence-corrected chi connectivity index (χ0v) is 17.2. The van der Waals surface area contributed by atoms with Crippen LogP contribution in [-0.2, 0) is 14.3 Å². The number of carbonyl (C=O) groups is 4. The van der Waals surface area contributed by atoms with Gasteiger partial charge in [-0.3, -0.25) is 19.4 Å². The third-order valence-corrected chi connectivity index (χ3v) is 5.16. The van der Waals surface area contributed by atoms with E-state index in [0.29, 0.717) is 11.5 Å². The molecule has 160 valence electrons. The lowest BCUT2D eigenvalue weighted by Crippen LogP contribution is -2.63. The van der Waals surface area contributed by atoms with Gasteiger partial charge in [0.1, 0.15) is 24.1 Å². The highest BCUT2D eigenvalue weighted by Gasteiger charge is 2.53. The number of ether oxygens (including phenoxy) is 1. The highest BCUT2D eigenvalue weighted by molar-refractivity contribution is 6.19. The normalized spacial score (nSPS) is 17.4. The van der Waals surface area contributed by atoms with Gasteiger partial charge in [-0.1, -0.05) is 4.99 Å². The summed E-state index contributed by atoms with van der Waals surface area (Å²) in [6.07, 6.45) is 1.75. The molecule has 1 aromatic carbocycles. The van der Waals surface area contributed by atoms with Gasteiger partial charge in [-0.2, -0.15) is 4.57 Å². The number of imidazole rings is 1. The quantitative estimate of drug-likeness (QED) is 0.541. The molecule has 4 rings (SSSR count). The number of imide groups is 1. The van der Waals surface area contributed by atoms with Crippen LogP contribution in [0.3, 0.4) is 0 Å². The van der Waals surface area contributed by atoms with E-state index in [9.17, 15) is 19.2 Å². The van der Waals surface area contributed by atoms with Gasteiger partial charge in [-0.25, -0.2) is 14.2 Å². The molecule has 2 aliphatic heterocycles. The second-order valence-corrected chi connectivity index (χ2v) is 7.19. The number of urea groups is 1. The fourth-order valence-corrected chi connectivity index (χ4v) is 3.77. The second kappa shape index (κ2) is 7.35. The number of aryl methyl sites for hydroxylation is 1. The summed E-state index contributed by atoms with van der Waals surface area (Å²) in [5.41, 5.74) is 7.13. The lowest BCUT2D eigenvalue weighted by molar-refractivity contribution is -0.676. The maximum Gasteiger partial charge on any atom is 0.406 e. The van der Waals surface area contributed by atoms with Gasteiger partial charge in [-0.15, -0.1) is 0 Å². The molecule has 1 saturated heterocycles. The molecule has 0 saturated carbocycles. The summed E-state index contributed by atoms with van der Waals surface area (Å²) in [5.74, 6) is -1.06. The number of nitrogens with two attached hydrogens (primary N) is 1. The fourth-order valence-electron chi connectivity index (χ4n) is 3.77. The number of amides is 4. The van der Waals surface area contributed by atoms with Crippen LogP contribution in [0.15, 0.2) is 35.5 Å². The highest BCUT2D eigenvalue weighted by Crippen LogP contribution is 2.31. The molecule has 2 N–H and O–H groups in total. The minimum absolute atomic E-state index is 0.266. The van der Waals surface area contributed by atoms with Gasteiger partial charge in [0.15, 0.2) is 0 Å². The van der Waals surface area contributed by atoms with Crippen molar-refractivity contribution in [2.75, 3.05) is 20.2 Å². The molecule has 2 aliphatic rings. The van der Waals surface area contributed by atoms with Crippen LogP contribution in [0, 0.1) is 6.92 Å². The Morgan fingerprint density at radius 1 is 1.23 bits per heavy atom. The van der Waals surface area contributed by atoms with Crippen LogP contribution in [0.25, 0.3) is 5.69 Å². The van der Waals surface area contributed by atoms with Crippen molar-refractivity contribution in [3.05, 3.63) is 41.7 Å². The topological polar surface area (TPSA) is 131 Å². The Kier molecular flexibility index (Phi) is 4.80. The lowest BCUT2D eigenvalue weighted by atomic mass is 10.1. The van der Waals surface area contributed by atoms with E-state index in [1.54, 1.807) is 42.0 Å². The molecular weight excluding hydrogens is 404 g/mol. The predicted molar refractivity (Wildman–Crippen MR) is 107 cm³/mol. The maximum atomic E-state index is 13.0. The molecule has 11 heteroatoms. The first kappa shape index (κ1) is 20.3. The molecule has 1 atom stereocenters. The number of aliphatic imine (C=N–C) groups is 1. The number of benzene rings is 1. The molecule has 0 radical (unpaired) electrons. The summed E-state index contributed by atoms with van der Waals surface area (Å²) in [6.45, 7) is 3.37. The van der Waals surface area contributed by atoms with E-state index in [1.165, 1.54) is 11.9 Å². The molecule has 0 aliphatic carbocycles. The molecule has 31 heavy (non-hydrogen) atoms. The number of hydrogen-bond acceptors (Lipinski definition) is 6. The first-order valence-corrected chi connectivity index (χ1v) is 9.61. The lowest BCUT2D eigenvalue weighted by Gasteiger charge is -2.32. The standard InChI is InChI=1S/C20H20N6O5/c1-4-31-18(29)12-5-7-13(8-6-12)26-11(2)9-24-15-16(22-19(24)26)23(3)20(30)25(17(15)28)10-14(21)27/h5-9,15H,4,10H2,1-3H3,(H-,21,27)/p+1. The molecule has 1 fully saturated rings. The number of nitrogens with zero attached hydrogens (tertiary/aromatic N) is 5. The van der Waals surface area contributed by atoms with Crippen LogP contribution < -0.4 is 10.3 Å². The van der Waals surface area contributed by atoms with Gasteiger partial charge >= 0.3 is 17.9 Å². The minimum atomic E-state index is -0.879. The van der Waals surface area contributed by atoms with E-state index >= 15 is 0 Å². The van der Waals surface area contributed by atoms with Crippen molar-refractivity contribution >= 4 is 35.6 Å². The van der Waals surface area contributed by atoms with Gasteiger partial charge < -0.3 is 10.5 Å². The van der Waals surface area contributed by atoms with Gasteiger partial charge in [0.2, 0.25) is 17.8 Å². The SMILES string of the molecule is CCOC(=O)c1ccc(-n2c(C)c[n+]3c2N=C2C3C(=O)N(CC(N)=O)C(=O)N2C)cc1. The highest BCUT2D eigenvalue weighted by atomic mass is 16.5. The Morgan fingerprint density at radius 2 is 1.90 bits per heavy atom. The number of hydrogen-bond donors (Lipinski definition) is 1. The number of aromatic nitrogens is 2. The number of fused-ring (bicyclic) bond motifs is 3. The van der Waals surface area contributed by atoms with Crippen molar-refractivity contribution in [3.8, 4) is 5.69 Å². The van der Waals surface area contributed by atoms with Crippen LogP contribution in [0.2, 0.25) is 0 Å². The van der Waals surface area contributed by atoms with Crippen molar-refractivity contribution < 1.29 is 28.5 Å². The first-order valence-electron chi connectivity index (χ1n) is 9.61. The molecule has 0 spiro atoms. The van der Waals surface area contributed by atoms with Crippen molar-refractivity contribution in [1.82, 2.24) is 14.4 Å². The van der Waals surface area contributed by atoms with Crippen molar-refractivity contribution in [1.29, 1.82) is 0 Å². The van der Waals surface area contributed by atoms with Gasteiger partial charge in [0.05, 0.1) is 12.2 Å². The summed E-state index contributed by atoms with van der Waals surface area (Å²) in [6, 6.07) is 5.25. The number of likely N-dealkylation sites (N-methyl/N-ethyl adjacent to an activating group) is 1. The monoisotopic (exact) mass is 425 g/mol. The molecule has 2 aromatic rings. The molecule has 11 nitrogen and oxygen atoms in total. The van der Waals surface area contributed by atoms with Gasteiger partial charge in [-0.05, 0) is 38.1 Å². The zero-order valence-electron chi connectivity index (χ0n) is 17.2. The summed E-state index contributed by atoms with van der Waals surface area (Å²) in [5, 5.41) is 0. The van der Waals surface area contributed by atoms with E-state index in [-0.39, 0.29) is 12.4 Å². The van der Waals surface area contributed by atoms with E-state index in [4.69, 9.17) is 10.5 Å². The van der Waals surface area contributed by atoms with Gasteiger partial charge in [0, 0.05) is 7.05 Å². The molecule has 4 amide bonds. The van der Waals surface area contributed by atoms with E-state index in [2.05, 4.69) is 4.99 Å². The molecule has 1 unspecified atom stereocenters. The summed E-state index contributed by atoms with van der Waals surface area (Å²) in [7, 11) is 1.49. The van der Waals surface area contributed by atoms with Crippen LogP contribution in [0.5, 0.6) is 0 Å².